The molecule has 1 aromatic carbocycles. The highest BCUT2D eigenvalue weighted by Gasteiger charge is 2.39. The zero-order chi connectivity index (χ0) is 13.4. The van der Waals surface area contributed by atoms with Crippen molar-refractivity contribution in [1.82, 2.24) is 0 Å². The van der Waals surface area contributed by atoms with E-state index >= 15 is 0 Å². The van der Waals surface area contributed by atoms with Crippen molar-refractivity contribution in [3.8, 4) is 0 Å². The van der Waals surface area contributed by atoms with Gasteiger partial charge in [-0.1, -0.05) is 47.4 Å². The van der Waals surface area contributed by atoms with Crippen LogP contribution in [0.2, 0.25) is 5.02 Å². The highest BCUT2D eigenvalue weighted by Crippen LogP contribution is 2.41. The molecule has 4 heteroatoms. The molecule has 0 aliphatic carbocycles. The third-order valence-electron chi connectivity index (χ3n) is 3.21. The van der Waals surface area contributed by atoms with Gasteiger partial charge in [0.2, 0.25) is 0 Å². The normalized spacial score (nSPS) is 27.2. The van der Waals surface area contributed by atoms with Gasteiger partial charge in [0.1, 0.15) is 0 Å². The monoisotopic (exact) mass is 348 g/mol. The lowest BCUT2D eigenvalue weighted by Gasteiger charge is -2.41. The molecule has 0 saturated carbocycles. The molecule has 0 amide bonds. The van der Waals surface area contributed by atoms with Crippen LogP contribution in [0.1, 0.15) is 25.8 Å². The second kappa shape index (κ2) is 5.35. The number of aliphatic hydroxyl groups is 1. The summed E-state index contributed by atoms with van der Waals surface area (Å²) in [5.41, 5.74) is 0.587. The van der Waals surface area contributed by atoms with Crippen LogP contribution in [0.15, 0.2) is 22.7 Å². The van der Waals surface area contributed by atoms with Crippen LogP contribution in [-0.2, 0) is 6.42 Å². The van der Waals surface area contributed by atoms with Crippen LogP contribution in [0, 0.1) is 5.41 Å². The predicted octanol–water partition coefficient (Wildman–Crippen LogP) is 4.54. The highest BCUT2D eigenvalue weighted by molar-refractivity contribution is 9.10. The molecule has 1 aliphatic heterocycles. The minimum atomic E-state index is -0.635. The van der Waals surface area contributed by atoms with Gasteiger partial charge < -0.3 is 5.11 Å². The van der Waals surface area contributed by atoms with E-state index in [1.807, 2.05) is 30.0 Å². The Morgan fingerprint density at radius 3 is 2.72 bits per heavy atom. The molecule has 0 radical (unpaired) electrons. The first-order valence-corrected chi connectivity index (χ1v) is 8.36. The quantitative estimate of drug-likeness (QED) is 0.846. The van der Waals surface area contributed by atoms with Gasteiger partial charge in [-0.25, -0.2) is 0 Å². The van der Waals surface area contributed by atoms with Gasteiger partial charge in [-0.15, -0.1) is 0 Å². The summed E-state index contributed by atoms with van der Waals surface area (Å²) in [4.78, 5) is 0. The van der Waals surface area contributed by atoms with E-state index in [1.54, 1.807) is 0 Å². The first-order valence-electron chi connectivity index (χ1n) is 6.04. The van der Waals surface area contributed by atoms with Crippen molar-refractivity contribution < 1.29 is 5.11 Å². The van der Waals surface area contributed by atoms with E-state index in [2.05, 4.69) is 29.8 Å². The predicted molar refractivity (Wildman–Crippen MR) is 83.5 cm³/mol. The number of rotatable bonds is 2. The standard InChI is InChI=1S/C14H18BrClOS/c1-13(2)7-14(17,9-18-8-13)6-10-3-4-11(15)5-12(10)16/h3-5,17H,6-9H2,1-2H3. The Kier molecular flexibility index (Phi) is 4.37. The summed E-state index contributed by atoms with van der Waals surface area (Å²) in [7, 11) is 0. The lowest BCUT2D eigenvalue weighted by Crippen LogP contribution is -2.44. The van der Waals surface area contributed by atoms with Crippen molar-refractivity contribution in [1.29, 1.82) is 0 Å². The molecule has 1 aliphatic rings. The Bertz CT molecular complexity index is 449. The minimum Gasteiger partial charge on any atom is -0.389 e. The van der Waals surface area contributed by atoms with Crippen molar-refractivity contribution in [3.63, 3.8) is 0 Å². The molecule has 0 spiro atoms. The maximum atomic E-state index is 10.8. The fourth-order valence-corrected chi connectivity index (χ4v) is 4.72. The summed E-state index contributed by atoms with van der Waals surface area (Å²) in [6.45, 7) is 4.43. The zero-order valence-electron chi connectivity index (χ0n) is 10.7. The zero-order valence-corrected chi connectivity index (χ0v) is 13.8. The van der Waals surface area contributed by atoms with Gasteiger partial charge in [0.25, 0.3) is 0 Å². The van der Waals surface area contributed by atoms with E-state index in [-0.39, 0.29) is 5.41 Å². The fourth-order valence-electron chi connectivity index (χ4n) is 2.64. The SMILES string of the molecule is CC1(C)CSCC(O)(Cc2ccc(Br)cc2Cl)C1. The number of halogens is 2. The first kappa shape index (κ1) is 14.7. The smallest absolute Gasteiger partial charge is 0.0783 e. The highest BCUT2D eigenvalue weighted by atomic mass is 79.9. The van der Waals surface area contributed by atoms with Gasteiger partial charge in [-0.2, -0.15) is 11.8 Å². The minimum absolute atomic E-state index is 0.194. The largest absolute Gasteiger partial charge is 0.389 e. The third kappa shape index (κ3) is 3.66. The van der Waals surface area contributed by atoms with Crippen LogP contribution in [0.3, 0.4) is 0 Å². The van der Waals surface area contributed by atoms with E-state index in [0.29, 0.717) is 6.42 Å². The molecule has 18 heavy (non-hydrogen) atoms. The molecule has 1 aromatic rings. The van der Waals surface area contributed by atoms with Crippen LogP contribution in [0.5, 0.6) is 0 Å². The van der Waals surface area contributed by atoms with Crippen molar-refractivity contribution in [3.05, 3.63) is 33.3 Å². The van der Waals surface area contributed by atoms with Gasteiger partial charge in [0.05, 0.1) is 5.60 Å². The molecule has 1 saturated heterocycles. The maximum Gasteiger partial charge on any atom is 0.0783 e. The van der Waals surface area contributed by atoms with Crippen LogP contribution >= 0.6 is 39.3 Å². The lowest BCUT2D eigenvalue weighted by atomic mass is 9.79. The molecule has 1 heterocycles. The van der Waals surface area contributed by atoms with Gasteiger partial charge in [-0.3, -0.25) is 0 Å². The molecule has 1 fully saturated rings. The molecule has 0 bridgehead atoms. The maximum absolute atomic E-state index is 10.8. The van der Waals surface area contributed by atoms with Crippen molar-refractivity contribution >= 4 is 39.3 Å². The second-order valence-corrected chi connectivity index (χ2v) is 8.28. The van der Waals surface area contributed by atoms with E-state index in [1.165, 1.54) is 0 Å². The molecule has 1 unspecified atom stereocenters. The topological polar surface area (TPSA) is 20.2 Å². The Balaban J connectivity index is 2.17. The van der Waals surface area contributed by atoms with Crippen molar-refractivity contribution in [2.45, 2.75) is 32.3 Å². The Hall–Kier alpha value is 0.300. The van der Waals surface area contributed by atoms with Gasteiger partial charge >= 0.3 is 0 Å². The fraction of sp³-hybridized carbons (Fsp3) is 0.571. The van der Waals surface area contributed by atoms with Crippen LogP contribution in [0.4, 0.5) is 0 Å². The Morgan fingerprint density at radius 1 is 1.39 bits per heavy atom. The van der Waals surface area contributed by atoms with E-state index < -0.39 is 5.60 Å². The van der Waals surface area contributed by atoms with Crippen molar-refractivity contribution in [2.24, 2.45) is 5.41 Å². The third-order valence-corrected chi connectivity index (χ3v) is 5.78. The van der Waals surface area contributed by atoms with E-state index in [9.17, 15) is 5.11 Å². The molecule has 0 aromatic heterocycles. The number of thioether (sulfide) groups is 1. The van der Waals surface area contributed by atoms with Crippen LogP contribution < -0.4 is 0 Å². The van der Waals surface area contributed by atoms with E-state index in [4.69, 9.17) is 11.6 Å². The summed E-state index contributed by atoms with van der Waals surface area (Å²) in [5, 5.41) is 11.5. The van der Waals surface area contributed by atoms with Gasteiger partial charge in [-0.05, 0) is 35.3 Å². The molecule has 100 valence electrons. The number of hydrogen-bond acceptors (Lipinski definition) is 2. The summed E-state index contributed by atoms with van der Waals surface area (Å²) in [5.74, 6) is 1.91. The summed E-state index contributed by atoms with van der Waals surface area (Å²) in [6, 6.07) is 5.86. The average Bonchev–Trinajstić information content (AvgIpc) is 2.20. The van der Waals surface area contributed by atoms with E-state index in [0.717, 1.165) is 33.0 Å². The second-order valence-electron chi connectivity index (χ2n) is 5.97. The molecule has 1 atom stereocenters. The lowest BCUT2D eigenvalue weighted by molar-refractivity contribution is 0.0200. The van der Waals surface area contributed by atoms with Crippen LogP contribution in [-0.4, -0.2) is 22.2 Å². The molecule has 1 N–H and O–H groups in total. The summed E-state index contributed by atoms with van der Waals surface area (Å²) < 4.78 is 0.974. The Morgan fingerprint density at radius 2 is 2.11 bits per heavy atom. The van der Waals surface area contributed by atoms with Crippen LogP contribution in [0.25, 0.3) is 0 Å². The Labute approximate surface area is 126 Å². The average molecular weight is 350 g/mol. The summed E-state index contributed by atoms with van der Waals surface area (Å²) >= 11 is 11.5. The molecular formula is C14H18BrClOS. The number of benzene rings is 1. The first-order chi connectivity index (χ1) is 8.30. The summed E-state index contributed by atoms with van der Waals surface area (Å²) in [6.07, 6.45) is 1.47. The van der Waals surface area contributed by atoms with Crippen molar-refractivity contribution in [2.75, 3.05) is 11.5 Å². The number of hydrogen-bond donors (Lipinski definition) is 1. The van der Waals surface area contributed by atoms with Gasteiger partial charge in [0.15, 0.2) is 0 Å². The van der Waals surface area contributed by atoms with Gasteiger partial charge in [0, 0.05) is 21.7 Å². The molecular weight excluding hydrogens is 332 g/mol. The molecule has 2 rings (SSSR count). The molecule has 1 nitrogen and oxygen atoms in total.